The molecule has 0 radical (unpaired) electrons. The zero-order valence-electron chi connectivity index (χ0n) is 3.12. The summed E-state index contributed by atoms with van der Waals surface area (Å²) >= 11 is 0. The van der Waals surface area contributed by atoms with Crippen LogP contribution >= 0.6 is 0 Å². The van der Waals surface area contributed by atoms with Crippen LogP contribution in [0.5, 0.6) is 0 Å². The molecule has 0 amide bonds. The van der Waals surface area contributed by atoms with E-state index in [4.69, 9.17) is 0 Å². The molecule has 0 rings (SSSR count). The summed E-state index contributed by atoms with van der Waals surface area (Å²) in [5.41, 5.74) is 0. The molecule has 0 aromatic rings. The van der Waals surface area contributed by atoms with Crippen molar-refractivity contribution in [2.24, 2.45) is 0 Å². The molecule has 6 heavy (non-hydrogen) atoms. The van der Waals surface area contributed by atoms with E-state index in [9.17, 15) is 0 Å². The van der Waals surface area contributed by atoms with E-state index in [0.717, 1.165) is 0 Å². The molecule has 8 N–H and O–H groups in total. The van der Waals surface area contributed by atoms with Crippen LogP contribution in [-0.2, 0) is 48.4 Å². The smallest absolute Gasteiger partial charge is 0 e. The standard InChI is InChI=1S/Cd.4H2O.W/h;4*1H2;. The zero-order chi connectivity index (χ0) is 0. The third kappa shape index (κ3) is 51.3. The molecule has 4 nitrogen and oxygen atoms in total. The first-order valence-corrected chi connectivity index (χ1v) is 0. The van der Waals surface area contributed by atoms with Crippen LogP contribution < -0.4 is 0 Å². The van der Waals surface area contributed by atoms with Crippen molar-refractivity contribution in [1.29, 1.82) is 0 Å². The summed E-state index contributed by atoms with van der Waals surface area (Å²) in [7, 11) is 0. The minimum Gasteiger partial charge on any atom is -0.412 e. The summed E-state index contributed by atoms with van der Waals surface area (Å²) < 4.78 is 0. The van der Waals surface area contributed by atoms with Gasteiger partial charge < -0.3 is 21.9 Å². The third-order valence-corrected chi connectivity index (χ3v) is 0. The molecule has 0 atom stereocenters. The maximum atomic E-state index is 0. The molecule has 0 aliphatic carbocycles. The molecular formula is H8CdO4W. The monoisotopic (exact) mass is 370 g/mol. The summed E-state index contributed by atoms with van der Waals surface area (Å²) in [6.07, 6.45) is 0. The molecule has 0 aliphatic rings. The first-order valence-electron chi connectivity index (χ1n) is 0. The molecular weight excluding hydrogens is 360 g/mol. The van der Waals surface area contributed by atoms with Gasteiger partial charge in [0.2, 0.25) is 0 Å². The van der Waals surface area contributed by atoms with Gasteiger partial charge in [-0.1, -0.05) is 0 Å². The molecule has 40 valence electrons. The first-order chi connectivity index (χ1) is 0. The van der Waals surface area contributed by atoms with E-state index >= 15 is 0 Å². The Bertz CT molecular complexity index is 7.51. The Labute approximate surface area is 70.0 Å². The molecule has 0 heterocycles. The van der Waals surface area contributed by atoms with Gasteiger partial charge in [0.15, 0.2) is 0 Å². The predicted octanol–water partition coefficient (Wildman–Crippen LogP) is -3.30. The van der Waals surface area contributed by atoms with E-state index in [-0.39, 0.29) is 70.3 Å². The second kappa shape index (κ2) is 91.1. The second-order valence-electron chi connectivity index (χ2n) is 0. The van der Waals surface area contributed by atoms with Gasteiger partial charge in [-0.25, -0.2) is 0 Å². The molecule has 0 fully saturated rings. The van der Waals surface area contributed by atoms with Gasteiger partial charge in [0.1, 0.15) is 0 Å². The van der Waals surface area contributed by atoms with Gasteiger partial charge in [-0.15, -0.1) is 0 Å². The van der Waals surface area contributed by atoms with E-state index in [1.54, 1.807) is 0 Å². The van der Waals surface area contributed by atoms with E-state index in [1.807, 2.05) is 0 Å². The van der Waals surface area contributed by atoms with Crippen molar-refractivity contribution in [3.8, 4) is 0 Å². The van der Waals surface area contributed by atoms with Gasteiger partial charge >= 0.3 is 0 Å². The average molecular weight is 368 g/mol. The Morgan fingerprint density at radius 1 is 0.500 bits per heavy atom. The molecule has 0 saturated heterocycles. The molecule has 0 aliphatic heterocycles. The fourth-order valence-electron chi connectivity index (χ4n) is 0. The maximum Gasteiger partial charge on any atom is 0 e. The SMILES string of the molecule is O.O.O.O.[Cd].[W]. The molecule has 0 saturated carbocycles. The molecule has 0 bridgehead atoms. The number of rotatable bonds is 0. The van der Waals surface area contributed by atoms with Crippen molar-refractivity contribution in [3.63, 3.8) is 0 Å². The van der Waals surface area contributed by atoms with Crippen LogP contribution in [0, 0.1) is 0 Å². The zero-order valence-corrected chi connectivity index (χ0v) is 10.1. The molecule has 0 unspecified atom stereocenters. The summed E-state index contributed by atoms with van der Waals surface area (Å²) in [4.78, 5) is 0. The van der Waals surface area contributed by atoms with Gasteiger partial charge in [-0.05, 0) is 0 Å². The van der Waals surface area contributed by atoms with Crippen molar-refractivity contribution in [3.05, 3.63) is 0 Å². The van der Waals surface area contributed by atoms with Crippen LogP contribution in [0.15, 0.2) is 0 Å². The fourth-order valence-corrected chi connectivity index (χ4v) is 0. The van der Waals surface area contributed by atoms with Crippen molar-refractivity contribution >= 4 is 0 Å². The summed E-state index contributed by atoms with van der Waals surface area (Å²) in [6.45, 7) is 0. The van der Waals surface area contributed by atoms with Crippen molar-refractivity contribution in [2.45, 2.75) is 0 Å². The van der Waals surface area contributed by atoms with E-state index < -0.39 is 0 Å². The Hall–Kier alpha value is 1.45. The molecule has 0 aromatic carbocycles. The number of hydrogen-bond acceptors (Lipinski definition) is 0. The quantitative estimate of drug-likeness (QED) is 0.397. The van der Waals surface area contributed by atoms with E-state index in [2.05, 4.69) is 0 Å². The van der Waals surface area contributed by atoms with Gasteiger partial charge in [0, 0.05) is 48.4 Å². The normalized spacial score (nSPS) is 0. The van der Waals surface area contributed by atoms with Crippen molar-refractivity contribution < 1.29 is 70.3 Å². The minimum absolute atomic E-state index is 0. The van der Waals surface area contributed by atoms with Gasteiger partial charge in [0.05, 0.1) is 0 Å². The average Bonchev–Trinajstić information content (AvgIpc) is 0. The van der Waals surface area contributed by atoms with Crippen LogP contribution in [0.1, 0.15) is 0 Å². The van der Waals surface area contributed by atoms with Crippen LogP contribution in [0.25, 0.3) is 0 Å². The van der Waals surface area contributed by atoms with E-state index in [0.29, 0.717) is 0 Å². The Morgan fingerprint density at radius 2 is 0.500 bits per heavy atom. The summed E-state index contributed by atoms with van der Waals surface area (Å²) in [5, 5.41) is 0. The predicted molar refractivity (Wildman–Crippen MR) is 14.5 cm³/mol. The first kappa shape index (κ1) is 147. The Morgan fingerprint density at radius 3 is 0.500 bits per heavy atom. The van der Waals surface area contributed by atoms with Crippen molar-refractivity contribution in [2.75, 3.05) is 0 Å². The van der Waals surface area contributed by atoms with Gasteiger partial charge in [-0.2, -0.15) is 0 Å². The topological polar surface area (TPSA) is 126 Å². The molecule has 0 aromatic heterocycles. The third-order valence-electron chi connectivity index (χ3n) is 0. The summed E-state index contributed by atoms with van der Waals surface area (Å²) in [6, 6.07) is 0. The van der Waals surface area contributed by atoms with Gasteiger partial charge in [-0.3, -0.25) is 0 Å². The molecule has 6 heteroatoms. The van der Waals surface area contributed by atoms with Crippen LogP contribution in [-0.4, -0.2) is 21.9 Å². The minimum atomic E-state index is 0. The fraction of sp³-hybridized carbons (Fsp3) is 0. The Balaban J connectivity index is 0. The maximum absolute atomic E-state index is 0. The van der Waals surface area contributed by atoms with Crippen LogP contribution in [0.4, 0.5) is 0 Å². The largest absolute Gasteiger partial charge is 0.412 e. The summed E-state index contributed by atoms with van der Waals surface area (Å²) in [5.74, 6) is 0. The van der Waals surface area contributed by atoms with Gasteiger partial charge in [0.25, 0.3) is 0 Å². The van der Waals surface area contributed by atoms with Crippen molar-refractivity contribution in [1.82, 2.24) is 0 Å². The Kier molecular flexibility index (Phi) is 2240. The van der Waals surface area contributed by atoms with Crippen LogP contribution in [0.2, 0.25) is 0 Å². The second-order valence-corrected chi connectivity index (χ2v) is 0. The van der Waals surface area contributed by atoms with E-state index in [1.165, 1.54) is 0 Å². The molecule has 0 spiro atoms. The number of hydrogen-bond donors (Lipinski definition) is 0. The van der Waals surface area contributed by atoms with Crippen LogP contribution in [0.3, 0.4) is 0 Å².